The largest absolute Gasteiger partial charge is 0.465 e. The predicted molar refractivity (Wildman–Crippen MR) is 57.0 cm³/mol. The van der Waals surface area contributed by atoms with Crippen LogP contribution in [0.5, 0.6) is 0 Å². The average Bonchev–Trinajstić information content (AvgIpc) is 2.30. The second-order valence-electron chi connectivity index (χ2n) is 3.74. The zero-order valence-corrected chi connectivity index (χ0v) is 9.10. The molecule has 1 unspecified atom stereocenters. The van der Waals surface area contributed by atoms with Crippen molar-refractivity contribution in [2.45, 2.75) is 19.8 Å². The predicted octanol–water partition coefficient (Wildman–Crippen LogP) is 1.39. The Hall–Kier alpha value is -1.71. The molecule has 0 aromatic carbocycles. The van der Waals surface area contributed by atoms with Crippen LogP contribution in [0.3, 0.4) is 0 Å². The van der Waals surface area contributed by atoms with E-state index in [2.05, 4.69) is 4.98 Å². The average molecular weight is 219 g/mol. The minimum Gasteiger partial charge on any atom is -0.465 e. The molecule has 1 aliphatic rings. The summed E-state index contributed by atoms with van der Waals surface area (Å²) < 4.78 is 4.89. The third kappa shape index (κ3) is 1.83. The normalized spacial score (nSPS) is 19.1. The smallest absolute Gasteiger partial charge is 0.316 e. The van der Waals surface area contributed by atoms with E-state index in [-0.39, 0.29) is 5.78 Å². The van der Waals surface area contributed by atoms with E-state index >= 15 is 0 Å². The summed E-state index contributed by atoms with van der Waals surface area (Å²) in [6, 6.07) is 1.83. The van der Waals surface area contributed by atoms with Gasteiger partial charge in [-0.05, 0) is 31.4 Å². The number of carbonyl (C=O) groups is 2. The Labute approximate surface area is 93.6 Å². The molecular formula is C12H13NO3. The highest BCUT2D eigenvalue weighted by molar-refractivity contribution is 6.10. The number of esters is 1. The van der Waals surface area contributed by atoms with Crippen molar-refractivity contribution in [2.24, 2.45) is 5.92 Å². The molecule has 1 atom stereocenters. The fourth-order valence-corrected chi connectivity index (χ4v) is 1.95. The zero-order chi connectivity index (χ0) is 11.5. The maximum Gasteiger partial charge on any atom is 0.316 e. The van der Waals surface area contributed by atoms with Gasteiger partial charge in [0.25, 0.3) is 0 Å². The first-order valence-electron chi connectivity index (χ1n) is 5.37. The van der Waals surface area contributed by atoms with Crippen molar-refractivity contribution < 1.29 is 14.3 Å². The van der Waals surface area contributed by atoms with Gasteiger partial charge >= 0.3 is 5.97 Å². The highest BCUT2D eigenvalue weighted by Gasteiger charge is 2.33. The van der Waals surface area contributed by atoms with Crippen LogP contribution in [0.1, 0.15) is 29.3 Å². The molecule has 4 heteroatoms. The minimum absolute atomic E-state index is 0.159. The molecule has 4 nitrogen and oxygen atoms in total. The van der Waals surface area contributed by atoms with Crippen molar-refractivity contribution in [1.82, 2.24) is 4.98 Å². The number of Topliss-reactive ketones (excluding diaryl/α,β-unsaturated/α-hetero) is 1. The maximum absolute atomic E-state index is 12.0. The standard InChI is InChI=1S/C12H13NO3/c1-2-16-12(15)9-4-3-8-5-6-13-7-10(8)11(9)14/h5-7,9H,2-4H2,1H3. The molecule has 1 heterocycles. The number of hydrogen-bond donors (Lipinski definition) is 0. The van der Waals surface area contributed by atoms with Crippen molar-refractivity contribution in [3.8, 4) is 0 Å². The van der Waals surface area contributed by atoms with Gasteiger partial charge in [0, 0.05) is 18.0 Å². The molecule has 84 valence electrons. The summed E-state index contributed by atoms with van der Waals surface area (Å²) in [5.74, 6) is -1.22. The molecule has 0 fully saturated rings. The van der Waals surface area contributed by atoms with E-state index in [0.29, 0.717) is 18.6 Å². The Balaban J connectivity index is 2.24. The van der Waals surface area contributed by atoms with Crippen LogP contribution in [0.15, 0.2) is 18.5 Å². The van der Waals surface area contributed by atoms with Crippen LogP contribution < -0.4 is 0 Å². The molecule has 1 aromatic heterocycles. The Morgan fingerprint density at radius 1 is 1.62 bits per heavy atom. The highest BCUT2D eigenvalue weighted by atomic mass is 16.5. The number of ketones is 1. The molecule has 2 rings (SSSR count). The van der Waals surface area contributed by atoms with Gasteiger partial charge in [-0.3, -0.25) is 14.6 Å². The minimum atomic E-state index is -0.642. The number of aromatic nitrogens is 1. The Morgan fingerprint density at radius 3 is 3.19 bits per heavy atom. The molecule has 16 heavy (non-hydrogen) atoms. The number of pyridine rings is 1. The second-order valence-corrected chi connectivity index (χ2v) is 3.74. The molecule has 0 saturated heterocycles. The molecule has 0 saturated carbocycles. The van der Waals surface area contributed by atoms with Crippen molar-refractivity contribution in [3.63, 3.8) is 0 Å². The number of fused-ring (bicyclic) bond motifs is 1. The lowest BCUT2D eigenvalue weighted by Gasteiger charge is -2.21. The van der Waals surface area contributed by atoms with Crippen LogP contribution in [0.25, 0.3) is 0 Å². The first-order chi connectivity index (χ1) is 7.74. The molecule has 1 aromatic rings. The lowest BCUT2D eigenvalue weighted by Crippen LogP contribution is -2.31. The van der Waals surface area contributed by atoms with E-state index in [9.17, 15) is 9.59 Å². The van der Waals surface area contributed by atoms with Gasteiger partial charge in [0.1, 0.15) is 5.92 Å². The van der Waals surface area contributed by atoms with E-state index < -0.39 is 11.9 Å². The molecule has 1 aliphatic carbocycles. The topological polar surface area (TPSA) is 56.3 Å². The van der Waals surface area contributed by atoms with Gasteiger partial charge in [-0.1, -0.05) is 0 Å². The third-order valence-electron chi connectivity index (χ3n) is 2.77. The number of ether oxygens (including phenoxy) is 1. The van der Waals surface area contributed by atoms with Crippen LogP contribution in [0.4, 0.5) is 0 Å². The quantitative estimate of drug-likeness (QED) is 0.557. The van der Waals surface area contributed by atoms with Crippen molar-refractivity contribution in [3.05, 3.63) is 29.6 Å². The Kier molecular flexibility index (Phi) is 2.99. The van der Waals surface area contributed by atoms with E-state index in [1.807, 2.05) is 6.07 Å². The molecule has 0 N–H and O–H groups in total. The van der Waals surface area contributed by atoms with Crippen LogP contribution in [-0.4, -0.2) is 23.3 Å². The first kappa shape index (κ1) is 10.8. The fraction of sp³-hybridized carbons (Fsp3) is 0.417. The summed E-state index contributed by atoms with van der Waals surface area (Å²) >= 11 is 0. The van der Waals surface area contributed by atoms with Crippen LogP contribution in [-0.2, 0) is 16.0 Å². The van der Waals surface area contributed by atoms with Gasteiger partial charge in [-0.2, -0.15) is 0 Å². The van der Waals surface area contributed by atoms with Gasteiger partial charge < -0.3 is 4.74 Å². The molecule has 0 spiro atoms. The van der Waals surface area contributed by atoms with E-state index in [1.54, 1.807) is 13.1 Å². The second kappa shape index (κ2) is 4.43. The number of carbonyl (C=O) groups excluding carboxylic acids is 2. The number of aryl methyl sites for hydroxylation is 1. The van der Waals surface area contributed by atoms with E-state index in [4.69, 9.17) is 4.74 Å². The summed E-state index contributed by atoms with van der Waals surface area (Å²) in [5, 5.41) is 0. The van der Waals surface area contributed by atoms with Gasteiger partial charge in [-0.15, -0.1) is 0 Å². The van der Waals surface area contributed by atoms with E-state index in [0.717, 1.165) is 12.0 Å². The summed E-state index contributed by atoms with van der Waals surface area (Å²) in [4.78, 5) is 27.5. The summed E-state index contributed by atoms with van der Waals surface area (Å²) in [5.41, 5.74) is 1.53. The fourth-order valence-electron chi connectivity index (χ4n) is 1.95. The summed E-state index contributed by atoms with van der Waals surface area (Å²) in [6.45, 7) is 2.04. The first-order valence-corrected chi connectivity index (χ1v) is 5.37. The SMILES string of the molecule is CCOC(=O)C1CCc2ccncc2C1=O. The molecular weight excluding hydrogens is 206 g/mol. The molecule has 0 radical (unpaired) electrons. The Morgan fingerprint density at radius 2 is 2.44 bits per heavy atom. The van der Waals surface area contributed by atoms with Gasteiger partial charge in [-0.25, -0.2) is 0 Å². The summed E-state index contributed by atoms with van der Waals surface area (Å²) in [6.07, 6.45) is 4.46. The van der Waals surface area contributed by atoms with E-state index in [1.165, 1.54) is 6.20 Å². The van der Waals surface area contributed by atoms with Gasteiger partial charge in [0.05, 0.1) is 6.61 Å². The monoisotopic (exact) mass is 219 g/mol. The number of nitrogens with zero attached hydrogens (tertiary/aromatic N) is 1. The molecule has 0 bridgehead atoms. The van der Waals surface area contributed by atoms with Crippen LogP contribution in [0, 0.1) is 5.92 Å². The zero-order valence-electron chi connectivity index (χ0n) is 9.10. The molecule has 0 aliphatic heterocycles. The van der Waals surface area contributed by atoms with Crippen molar-refractivity contribution in [1.29, 1.82) is 0 Å². The van der Waals surface area contributed by atoms with Gasteiger partial charge in [0.2, 0.25) is 0 Å². The van der Waals surface area contributed by atoms with Crippen LogP contribution >= 0.6 is 0 Å². The lowest BCUT2D eigenvalue weighted by molar-refractivity contribution is -0.146. The lowest BCUT2D eigenvalue weighted by atomic mass is 9.84. The highest BCUT2D eigenvalue weighted by Crippen LogP contribution is 2.25. The van der Waals surface area contributed by atoms with Crippen molar-refractivity contribution >= 4 is 11.8 Å². The summed E-state index contributed by atoms with van der Waals surface area (Å²) in [7, 11) is 0. The Bertz CT molecular complexity index is 428. The van der Waals surface area contributed by atoms with Crippen molar-refractivity contribution in [2.75, 3.05) is 6.61 Å². The van der Waals surface area contributed by atoms with Crippen LogP contribution in [0.2, 0.25) is 0 Å². The van der Waals surface area contributed by atoms with Gasteiger partial charge in [0.15, 0.2) is 5.78 Å². The molecule has 0 amide bonds. The number of rotatable bonds is 2. The number of hydrogen-bond acceptors (Lipinski definition) is 4. The maximum atomic E-state index is 12.0. The third-order valence-corrected chi connectivity index (χ3v) is 2.77.